The Morgan fingerprint density at radius 2 is 1.71 bits per heavy atom. The van der Waals surface area contributed by atoms with Crippen LogP contribution in [0.15, 0.2) is 30.3 Å². The van der Waals surface area contributed by atoms with Crippen LogP contribution in [0.5, 0.6) is 17.2 Å². The zero-order chi connectivity index (χ0) is 14.8. The maximum atomic E-state index is 5.37. The lowest BCUT2D eigenvalue weighted by atomic mass is 10.2. The van der Waals surface area contributed by atoms with Gasteiger partial charge in [-0.1, -0.05) is 6.07 Å². The predicted molar refractivity (Wildman–Crippen MR) is 83.5 cm³/mol. The Hall–Kier alpha value is -2.27. The molecule has 0 saturated heterocycles. The van der Waals surface area contributed by atoms with Crippen LogP contribution in [-0.2, 0) is 0 Å². The molecule has 1 radical (unpaired) electrons. The lowest BCUT2D eigenvalue weighted by Gasteiger charge is -2.05. The van der Waals surface area contributed by atoms with Gasteiger partial charge >= 0.3 is 0 Å². The van der Waals surface area contributed by atoms with Gasteiger partial charge in [-0.3, -0.25) is 0 Å². The number of ether oxygens (including phenoxy) is 3. The molecule has 2 aromatic carbocycles. The third-order valence-corrected chi connectivity index (χ3v) is 4.22. The zero-order valence-electron chi connectivity index (χ0n) is 12.0. The van der Waals surface area contributed by atoms with E-state index in [9.17, 15) is 0 Å². The maximum Gasteiger partial charge on any atom is 0.162 e. The van der Waals surface area contributed by atoms with Gasteiger partial charge in [0.05, 0.1) is 37.1 Å². The second-order valence-electron chi connectivity index (χ2n) is 4.32. The van der Waals surface area contributed by atoms with Crippen LogP contribution in [0.2, 0.25) is 0 Å². The Morgan fingerprint density at radius 3 is 2.43 bits per heavy atom. The van der Waals surface area contributed by atoms with Crippen molar-refractivity contribution < 1.29 is 14.2 Å². The highest BCUT2D eigenvalue weighted by Gasteiger charge is 2.14. The fraction of sp³-hybridized carbons (Fsp3) is 0.188. The van der Waals surface area contributed by atoms with Gasteiger partial charge in [0.2, 0.25) is 0 Å². The molecule has 0 N–H and O–H groups in total. The van der Waals surface area contributed by atoms with Crippen LogP contribution < -0.4 is 14.2 Å². The molecule has 21 heavy (non-hydrogen) atoms. The van der Waals surface area contributed by atoms with Crippen molar-refractivity contribution in [3.63, 3.8) is 0 Å². The number of nitrogens with zero attached hydrogens (tertiary/aromatic N) is 1. The van der Waals surface area contributed by atoms with Crippen LogP contribution in [-0.4, -0.2) is 26.3 Å². The molecule has 0 saturated carbocycles. The van der Waals surface area contributed by atoms with E-state index in [4.69, 9.17) is 14.2 Å². The van der Waals surface area contributed by atoms with Gasteiger partial charge in [-0.05, 0) is 18.2 Å². The summed E-state index contributed by atoms with van der Waals surface area (Å²) < 4.78 is 17.1. The van der Waals surface area contributed by atoms with E-state index in [2.05, 4.69) is 11.1 Å². The summed E-state index contributed by atoms with van der Waals surface area (Å²) in [5.41, 5.74) is 1.83. The first-order chi connectivity index (χ1) is 10.3. The lowest BCUT2D eigenvalue weighted by Crippen LogP contribution is -1.89. The minimum atomic E-state index is 0.676. The lowest BCUT2D eigenvalue weighted by molar-refractivity contribution is 0.356. The largest absolute Gasteiger partial charge is 0.496 e. The molecule has 0 fully saturated rings. The summed E-state index contributed by atoms with van der Waals surface area (Å²) in [4.78, 5) is 4.66. The van der Waals surface area contributed by atoms with E-state index in [1.54, 1.807) is 32.7 Å². The molecule has 0 aliphatic rings. The molecule has 1 aromatic heterocycles. The molecule has 1 heterocycles. The number of methoxy groups -OCH3 is 3. The van der Waals surface area contributed by atoms with Crippen molar-refractivity contribution in [2.45, 2.75) is 0 Å². The average molecular weight is 300 g/mol. The Balaban J connectivity index is 2.17. The van der Waals surface area contributed by atoms with Gasteiger partial charge in [-0.15, -0.1) is 11.3 Å². The van der Waals surface area contributed by atoms with Gasteiger partial charge in [-0.25, -0.2) is 4.98 Å². The molecule has 5 heteroatoms. The highest BCUT2D eigenvalue weighted by Crippen LogP contribution is 2.39. The summed E-state index contributed by atoms with van der Waals surface area (Å²) in [6, 6.07) is 12.4. The van der Waals surface area contributed by atoms with Crippen LogP contribution in [0.25, 0.3) is 20.8 Å². The smallest absolute Gasteiger partial charge is 0.162 e. The van der Waals surface area contributed by atoms with Crippen LogP contribution in [0.1, 0.15) is 0 Å². The Bertz CT molecular complexity index is 741. The first kappa shape index (κ1) is 13.7. The van der Waals surface area contributed by atoms with Crippen LogP contribution in [0.4, 0.5) is 0 Å². The third-order valence-electron chi connectivity index (χ3n) is 3.17. The fourth-order valence-electron chi connectivity index (χ4n) is 2.13. The van der Waals surface area contributed by atoms with Crippen molar-refractivity contribution in [3.05, 3.63) is 36.4 Å². The highest BCUT2D eigenvalue weighted by molar-refractivity contribution is 7.21. The van der Waals surface area contributed by atoms with E-state index < -0.39 is 0 Å². The average Bonchev–Trinajstić information content (AvgIpc) is 2.95. The SMILES string of the molecule is COc1cc2nc(-c3cc[c]cc3OC)sc2cc1OC. The van der Waals surface area contributed by atoms with Crippen molar-refractivity contribution in [1.29, 1.82) is 0 Å². The number of aromatic nitrogens is 1. The van der Waals surface area contributed by atoms with E-state index in [1.807, 2.05) is 30.3 Å². The summed E-state index contributed by atoms with van der Waals surface area (Å²) in [6.45, 7) is 0. The summed E-state index contributed by atoms with van der Waals surface area (Å²) in [5.74, 6) is 2.14. The fourth-order valence-corrected chi connectivity index (χ4v) is 3.14. The summed E-state index contributed by atoms with van der Waals surface area (Å²) >= 11 is 1.59. The number of hydrogen-bond acceptors (Lipinski definition) is 5. The molecular formula is C16H14NO3S. The normalized spacial score (nSPS) is 10.6. The highest BCUT2D eigenvalue weighted by atomic mass is 32.1. The Kier molecular flexibility index (Phi) is 3.66. The van der Waals surface area contributed by atoms with Crippen molar-refractivity contribution in [2.75, 3.05) is 21.3 Å². The van der Waals surface area contributed by atoms with Gasteiger partial charge < -0.3 is 14.2 Å². The Morgan fingerprint density at radius 1 is 1.00 bits per heavy atom. The second kappa shape index (κ2) is 5.61. The van der Waals surface area contributed by atoms with E-state index in [1.165, 1.54) is 0 Å². The van der Waals surface area contributed by atoms with Gasteiger partial charge in [0.25, 0.3) is 0 Å². The molecule has 0 bridgehead atoms. The molecular weight excluding hydrogens is 286 g/mol. The van der Waals surface area contributed by atoms with Gasteiger partial charge in [0.1, 0.15) is 10.8 Å². The number of hydrogen-bond donors (Lipinski definition) is 0. The molecule has 3 aromatic rings. The molecule has 0 amide bonds. The zero-order valence-corrected chi connectivity index (χ0v) is 12.8. The molecule has 0 aliphatic carbocycles. The summed E-state index contributed by atoms with van der Waals surface area (Å²) in [5, 5.41) is 0.895. The monoisotopic (exact) mass is 300 g/mol. The molecule has 0 atom stereocenters. The quantitative estimate of drug-likeness (QED) is 0.735. The second-order valence-corrected chi connectivity index (χ2v) is 5.35. The van der Waals surface area contributed by atoms with Crippen molar-refractivity contribution in [2.24, 2.45) is 0 Å². The molecule has 0 aliphatic heterocycles. The Labute approximate surface area is 126 Å². The topological polar surface area (TPSA) is 40.6 Å². The van der Waals surface area contributed by atoms with Crippen LogP contribution >= 0.6 is 11.3 Å². The third kappa shape index (κ3) is 2.40. The first-order valence-corrected chi connectivity index (χ1v) is 7.15. The van der Waals surface area contributed by atoms with E-state index in [0.717, 1.165) is 26.5 Å². The summed E-state index contributed by atoms with van der Waals surface area (Å²) in [6.07, 6.45) is 0. The van der Waals surface area contributed by atoms with Gasteiger partial charge in [0, 0.05) is 12.1 Å². The van der Waals surface area contributed by atoms with E-state index >= 15 is 0 Å². The molecule has 0 spiro atoms. The standard InChI is InChI=1S/C16H14NO3S/c1-18-12-7-5-4-6-10(12)16-17-11-8-13(19-2)14(20-3)9-15(11)21-16/h4,6-9H,1-3H3. The summed E-state index contributed by atoms with van der Waals surface area (Å²) in [7, 11) is 4.89. The number of thiazole rings is 1. The number of benzene rings is 2. The molecule has 107 valence electrons. The van der Waals surface area contributed by atoms with Crippen LogP contribution in [0.3, 0.4) is 0 Å². The predicted octanol–water partition coefficient (Wildman–Crippen LogP) is 3.79. The number of rotatable bonds is 4. The van der Waals surface area contributed by atoms with Gasteiger partial charge in [-0.2, -0.15) is 0 Å². The molecule has 4 nitrogen and oxygen atoms in total. The molecule has 3 rings (SSSR count). The van der Waals surface area contributed by atoms with E-state index in [0.29, 0.717) is 11.5 Å². The van der Waals surface area contributed by atoms with Crippen molar-refractivity contribution >= 4 is 21.6 Å². The maximum absolute atomic E-state index is 5.37. The first-order valence-electron chi connectivity index (χ1n) is 6.34. The van der Waals surface area contributed by atoms with Crippen LogP contribution in [0, 0.1) is 6.07 Å². The van der Waals surface area contributed by atoms with Crippen molar-refractivity contribution in [3.8, 4) is 27.8 Å². The minimum absolute atomic E-state index is 0.676. The molecule has 0 unspecified atom stereocenters. The number of fused-ring (bicyclic) bond motifs is 1. The minimum Gasteiger partial charge on any atom is -0.496 e. The van der Waals surface area contributed by atoms with Gasteiger partial charge in [0.15, 0.2) is 11.5 Å². The van der Waals surface area contributed by atoms with E-state index in [-0.39, 0.29) is 0 Å². The van der Waals surface area contributed by atoms with Crippen molar-refractivity contribution in [1.82, 2.24) is 4.98 Å².